The van der Waals surface area contributed by atoms with E-state index in [0.29, 0.717) is 11.4 Å². The Bertz CT molecular complexity index is 387. The summed E-state index contributed by atoms with van der Waals surface area (Å²) in [4.78, 5) is 0. The van der Waals surface area contributed by atoms with E-state index in [-0.39, 0.29) is 6.10 Å². The van der Waals surface area contributed by atoms with Gasteiger partial charge in [-0.1, -0.05) is 0 Å². The first-order valence-corrected chi connectivity index (χ1v) is 9.17. The highest BCUT2D eigenvalue weighted by atomic mass is 35.5. The summed E-state index contributed by atoms with van der Waals surface area (Å²) in [5.41, 5.74) is 0.415. The van der Waals surface area contributed by atoms with Gasteiger partial charge in [0.05, 0.1) is 5.88 Å². The number of hydrogen-bond acceptors (Lipinski definition) is 2. The monoisotopic (exact) mass is 300 g/mol. The summed E-state index contributed by atoms with van der Waals surface area (Å²) >= 11 is 7.79. The number of ether oxygens (including phenoxy) is 1. The van der Waals surface area contributed by atoms with Crippen molar-refractivity contribution in [2.24, 2.45) is 17.8 Å². The van der Waals surface area contributed by atoms with Gasteiger partial charge in [-0.15, -0.1) is 11.6 Å². The van der Waals surface area contributed by atoms with Crippen molar-refractivity contribution in [1.29, 1.82) is 0 Å². The Labute approximate surface area is 124 Å². The summed E-state index contributed by atoms with van der Waals surface area (Å²) in [6.45, 7) is 0. The van der Waals surface area contributed by atoms with Gasteiger partial charge >= 0.3 is 5.23 Å². The highest BCUT2D eigenvalue weighted by Crippen LogP contribution is 2.57. The summed E-state index contributed by atoms with van der Waals surface area (Å²) in [6, 6.07) is 0. The third-order valence-electron chi connectivity index (χ3n) is 5.82. The maximum Gasteiger partial charge on any atom is 0.401 e. The number of nitrogens with zero attached hydrogens (tertiary/aromatic N) is 1. The third-order valence-corrected chi connectivity index (χ3v) is 7.32. The van der Waals surface area contributed by atoms with Crippen molar-refractivity contribution in [1.82, 2.24) is 0 Å². The van der Waals surface area contributed by atoms with Crippen LogP contribution < -0.4 is 0 Å². The lowest BCUT2D eigenvalue weighted by molar-refractivity contribution is -0.605. The molecule has 1 saturated heterocycles. The van der Waals surface area contributed by atoms with Crippen LogP contribution in [0.3, 0.4) is 0 Å². The summed E-state index contributed by atoms with van der Waals surface area (Å²) < 4.78 is 8.54. The van der Waals surface area contributed by atoms with Gasteiger partial charge in [0.1, 0.15) is 13.2 Å². The largest absolute Gasteiger partial charge is 0.434 e. The van der Waals surface area contributed by atoms with Crippen LogP contribution in [0.1, 0.15) is 38.5 Å². The first-order chi connectivity index (χ1) is 9.18. The molecule has 0 radical (unpaired) electrons. The molecule has 4 bridgehead atoms. The van der Waals surface area contributed by atoms with E-state index < -0.39 is 0 Å². The van der Waals surface area contributed by atoms with Gasteiger partial charge in [-0.3, -0.25) is 0 Å². The Balaban J connectivity index is 1.63. The Morgan fingerprint density at radius 1 is 1.21 bits per heavy atom. The normalized spacial score (nSPS) is 50.4. The van der Waals surface area contributed by atoms with Crippen LogP contribution in [-0.4, -0.2) is 40.1 Å². The quantitative estimate of drug-likeness (QED) is 0.573. The average molecular weight is 301 g/mol. The van der Waals surface area contributed by atoms with Gasteiger partial charge in [-0.2, -0.15) is 4.58 Å². The van der Waals surface area contributed by atoms with Crippen LogP contribution in [0.25, 0.3) is 0 Å². The standard InChI is InChI=1S/C15H23ClNOS/c1-17(14-18-13(8-16)9-19-14)15-5-10-2-11(6-15)4-12(3-10)7-15/h10-13H,2-9H2,1H3/q+1. The smallest absolute Gasteiger partial charge is 0.401 e. The fraction of sp³-hybridized carbons (Fsp3) is 0.933. The second kappa shape index (κ2) is 4.56. The molecular formula is C15H23ClNOS+. The minimum Gasteiger partial charge on any atom is -0.434 e. The first kappa shape index (κ1) is 12.8. The number of hydrogen-bond donors (Lipinski definition) is 0. The molecule has 106 valence electrons. The van der Waals surface area contributed by atoms with E-state index in [1.807, 2.05) is 11.8 Å². The molecule has 4 heteroatoms. The lowest BCUT2D eigenvalue weighted by atomic mass is 9.53. The zero-order valence-electron chi connectivity index (χ0n) is 11.6. The zero-order chi connectivity index (χ0) is 13.0. The van der Waals surface area contributed by atoms with Crippen molar-refractivity contribution < 1.29 is 9.31 Å². The summed E-state index contributed by atoms with van der Waals surface area (Å²) in [5.74, 6) is 4.61. The predicted octanol–water partition coefficient (Wildman–Crippen LogP) is 3.32. The minimum absolute atomic E-state index is 0.220. The van der Waals surface area contributed by atoms with E-state index in [0.717, 1.165) is 28.7 Å². The SMILES string of the molecule is C[N+](=C1OC(CCl)CS1)C12CC3CC(CC(C3)C1)C2. The molecule has 4 aliphatic carbocycles. The lowest BCUT2D eigenvalue weighted by Crippen LogP contribution is -2.56. The molecule has 5 fully saturated rings. The van der Waals surface area contributed by atoms with Gasteiger partial charge < -0.3 is 4.74 Å². The second-order valence-corrected chi connectivity index (χ2v) is 8.45. The van der Waals surface area contributed by atoms with Gasteiger partial charge in [0.2, 0.25) is 0 Å². The van der Waals surface area contributed by atoms with Crippen molar-refractivity contribution >= 4 is 28.6 Å². The molecule has 1 unspecified atom stereocenters. The molecule has 0 spiro atoms. The van der Waals surface area contributed by atoms with Gasteiger partial charge in [0, 0.05) is 25.0 Å². The molecular weight excluding hydrogens is 278 g/mol. The zero-order valence-corrected chi connectivity index (χ0v) is 13.2. The summed E-state index contributed by atoms with van der Waals surface area (Å²) in [5, 5.41) is 1.15. The van der Waals surface area contributed by atoms with E-state index in [1.54, 1.807) is 0 Å². The molecule has 2 nitrogen and oxygen atoms in total. The van der Waals surface area contributed by atoms with E-state index in [9.17, 15) is 0 Å². The second-order valence-electron chi connectivity index (χ2n) is 7.17. The highest BCUT2D eigenvalue weighted by molar-refractivity contribution is 8.13. The van der Waals surface area contributed by atoms with Crippen molar-refractivity contribution in [2.75, 3.05) is 18.7 Å². The molecule has 19 heavy (non-hydrogen) atoms. The molecule has 1 heterocycles. The van der Waals surface area contributed by atoms with Crippen LogP contribution in [0.4, 0.5) is 0 Å². The Morgan fingerprint density at radius 3 is 2.26 bits per heavy atom. The van der Waals surface area contributed by atoms with Crippen molar-refractivity contribution in [3.8, 4) is 0 Å². The number of alkyl halides is 1. The third kappa shape index (κ3) is 2.03. The van der Waals surface area contributed by atoms with E-state index in [1.165, 1.54) is 38.5 Å². The van der Waals surface area contributed by atoms with E-state index in [2.05, 4.69) is 11.6 Å². The maximum atomic E-state index is 6.04. The van der Waals surface area contributed by atoms with Crippen LogP contribution in [0.5, 0.6) is 0 Å². The topological polar surface area (TPSA) is 12.2 Å². The number of halogens is 1. The maximum absolute atomic E-state index is 6.04. The lowest BCUT2D eigenvalue weighted by Gasteiger charge is -2.53. The van der Waals surface area contributed by atoms with Crippen LogP contribution in [-0.2, 0) is 4.74 Å². The van der Waals surface area contributed by atoms with Crippen molar-refractivity contribution in [3.63, 3.8) is 0 Å². The molecule has 0 N–H and O–H groups in total. The molecule has 0 amide bonds. The van der Waals surface area contributed by atoms with E-state index in [4.69, 9.17) is 16.3 Å². The van der Waals surface area contributed by atoms with Gasteiger partial charge in [0.15, 0.2) is 5.54 Å². The van der Waals surface area contributed by atoms with E-state index >= 15 is 0 Å². The van der Waals surface area contributed by atoms with Crippen molar-refractivity contribution in [3.05, 3.63) is 0 Å². The van der Waals surface area contributed by atoms with Crippen LogP contribution in [0.2, 0.25) is 0 Å². The highest BCUT2D eigenvalue weighted by Gasteiger charge is 2.57. The Morgan fingerprint density at radius 2 is 1.79 bits per heavy atom. The first-order valence-electron chi connectivity index (χ1n) is 7.65. The predicted molar refractivity (Wildman–Crippen MR) is 80.1 cm³/mol. The molecule has 0 aromatic carbocycles. The fourth-order valence-electron chi connectivity index (χ4n) is 5.30. The molecule has 5 rings (SSSR count). The van der Waals surface area contributed by atoms with Crippen LogP contribution >= 0.6 is 23.4 Å². The molecule has 5 aliphatic rings. The molecule has 1 aliphatic heterocycles. The number of thioether (sulfide) groups is 1. The summed E-state index contributed by atoms with van der Waals surface area (Å²) in [6.07, 6.45) is 8.91. The average Bonchev–Trinajstić information content (AvgIpc) is 2.84. The van der Waals surface area contributed by atoms with Crippen LogP contribution in [0.15, 0.2) is 0 Å². The van der Waals surface area contributed by atoms with Gasteiger partial charge in [0.25, 0.3) is 0 Å². The van der Waals surface area contributed by atoms with Gasteiger partial charge in [-0.05, 0) is 48.8 Å². The molecule has 4 saturated carbocycles. The van der Waals surface area contributed by atoms with Crippen LogP contribution in [0, 0.1) is 17.8 Å². The molecule has 0 aromatic rings. The molecule has 1 atom stereocenters. The number of rotatable bonds is 2. The summed E-state index contributed by atoms with van der Waals surface area (Å²) in [7, 11) is 2.27. The Hall–Kier alpha value is 0.110. The molecule has 0 aromatic heterocycles. The fourth-order valence-corrected chi connectivity index (χ4v) is 6.70. The van der Waals surface area contributed by atoms with Crippen molar-refractivity contribution in [2.45, 2.75) is 50.2 Å². The van der Waals surface area contributed by atoms with Gasteiger partial charge in [-0.25, -0.2) is 0 Å². The minimum atomic E-state index is 0.220. The Kier molecular flexibility index (Phi) is 3.07.